The molecule has 0 radical (unpaired) electrons. The molecule has 4 rings (SSSR count). The third-order valence-corrected chi connectivity index (χ3v) is 4.40. The van der Waals surface area contributed by atoms with Crippen LogP contribution in [0.4, 0.5) is 15.8 Å². The number of hydrogen-bond donors (Lipinski definition) is 1. The van der Waals surface area contributed by atoms with Crippen LogP contribution in [0.3, 0.4) is 0 Å². The first-order valence-electron chi connectivity index (χ1n) is 8.84. The molecule has 1 N–H and O–H groups in total. The van der Waals surface area contributed by atoms with Crippen molar-refractivity contribution in [3.8, 4) is 16.9 Å². The summed E-state index contributed by atoms with van der Waals surface area (Å²) in [6, 6.07) is 17.3. The highest BCUT2D eigenvalue weighted by atomic mass is 19.1. The minimum absolute atomic E-state index is 0.114. The van der Waals surface area contributed by atoms with E-state index in [4.69, 9.17) is 0 Å². The maximum absolute atomic E-state index is 13.9. The molecule has 2 heterocycles. The molecule has 8 heteroatoms. The molecule has 0 aliphatic carbocycles. The number of pyridine rings is 1. The highest BCUT2D eigenvalue weighted by Crippen LogP contribution is 2.29. The molecule has 2 aromatic heterocycles. The molecule has 144 valence electrons. The van der Waals surface area contributed by atoms with Crippen molar-refractivity contribution in [3.05, 3.63) is 101 Å². The van der Waals surface area contributed by atoms with Crippen LogP contribution in [0.5, 0.6) is 0 Å². The van der Waals surface area contributed by atoms with E-state index < -0.39 is 16.4 Å². The first-order valence-corrected chi connectivity index (χ1v) is 8.84. The van der Waals surface area contributed by atoms with E-state index in [2.05, 4.69) is 15.4 Å². The lowest BCUT2D eigenvalue weighted by Crippen LogP contribution is -2.04. The van der Waals surface area contributed by atoms with Gasteiger partial charge < -0.3 is 5.32 Å². The average Bonchev–Trinajstić information content (AvgIpc) is 3.17. The van der Waals surface area contributed by atoms with E-state index in [1.165, 1.54) is 12.1 Å². The monoisotopic (exact) mass is 389 g/mol. The zero-order chi connectivity index (χ0) is 20.2. The number of nitro groups is 1. The van der Waals surface area contributed by atoms with Gasteiger partial charge in [0.15, 0.2) is 0 Å². The van der Waals surface area contributed by atoms with Crippen LogP contribution >= 0.6 is 0 Å². The molecular weight excluding hydrogens is 373 g/mol. The van der Waals surface area contributed by atoms with Gasteiger partial charge in [-0.3, -0.25) is 15.1 Å². The summed E-state index contributed by atoms with van der Waals surface area (Å²) in [6.07, 6.45) is 5.19. The maximum atomic E-state index is 13.9. The third-order valence-electron chi connectivity index (χ3n) is 4.40. The lowest BCUT2D eigenvalue weighted by atomic mass is 10.1. The van der Waals surface area contributed by atoms with Crippen molar-refractivity contribution in [1.29, 1.82) is 0 Å². The van der Waals surface area contributed by atoms with Crippen LogP contribution in [-0.2, 0) is 6.54 Å². The second kappa shape index (κ2) is 7.89. The number of para-hydroxylation sites is 2. The number of aromatic nitrogens is 3. The van der Waals surface area contributed by atoms with Crippen molar-refractivity contribution in [1.82, 2.24) is 14.8 Å². The molecule has 0 saturated heterocycles. The molecule has 7 nitrogen and oxygen atoms in total. The number of halogens is 1. The molecule has 4 aromatic rings. The zero-order valence-corrected chi connectivity index (χ0v) is 15.2. The van der Waals surface area contributed by atoms with E-state index in [9.17, 15) is 14.5 Å². The van der Waals surface area contributed by atoms with E-state index >= 15 is 0 Å². The fourth-order valence-electron chi connectivity index (χ4n) is 3.04. The highest BCUT2D eigenvalue weighted by molar-refractivity contribution is 5.65. The van der Waals surface area contributed by atoms with Gasteiger partial charge in [-0.15, -0.1) is 0 Å². The van der Waals surface area contributed by atoms with Crippen LogP contribution in [0, 0.1) is 15.9 Å². The number of benzene rings is 2. The van der Waals surface area contributed by atoms with E-state index in [0.717, 1.165) is 22.9 Å². The second-order valence-electron chi connectivity index (χ2n) is 6.27. The summed E-state index contributed by atoms with van der Waals surface area (Å²) in [6.45, 7) is 0.231. The molecule has 0 fully saturated rings. The fourth-order valence-corrected chi connectivity index (χ4v) is 3.04. The van der Waals surface area contributed by atoms with Gasteiger partial charge in [0.2, 0.25) is 5.82 Å². The number of anilines is 1. The molecule has 29 heavy (non-hydrogen) atoms. The Kier molecular flexibility index (Phi) is 4.98. The SMILES string of the molecule is O=[N+]([O-])c1c(F)cccc1NCc1cn(-c2ccccc2)nc1-c1ccncc1. The van der Waals surface area contributed by atoms with Crippen LogP contribution in [-0.4, -0.2) is 19.7 Å². The van der Waals surface area contributed by atoms with Crippen molar-refractivity contribution < 1.29 is 9.31 Å². The molecule has 0 saturated carbocycles. The average molecular weight is 389 g/mol. The lowest BCUT2D eigenvalue weighted by molar-refractivity contribution is -0.386. The van der Waals surface area contributed by atoms with Gasteiger partial charge in [-0.2, -0.15) is 9.49 Å². The number of nitrogens with zero attached hydrogens (tertiary/aromatic N) is 4. The van der Waals surface area contributed by atoms with E-state index in [0.29, 0.717) is 5.69 Å². The van der Waals surface area contributed by atoms with Crippen LogP contribution < -0.4 is 5.32 Å². The Morgan fingerprint density at radius 2 is 1.79 bits per heavy atom. The molecule has 0 unspecified atom stereocenters. The van der Waals surface area contributed by atoms with Crippen molar-refractivity contribution in [2.45, 2.75) is 6.54 Å². The Labute approximate surface area is 165 Å². The molecular formula is C21H16FN5O2. The van der Waals surface area contributed by atoms with Gasteiger partial charge in [0, 0.05) is 36.3 Å². The predicted molar refractivity (Wildman–Crippen MR) is 107 cm³/mol. The van der Waals surface area contributed by atoms with Crippen LogP contribution in [0.1, 0.15) is 5.56 Å². The summed E-state index contributed by atoms with van der Waals surface area (Å²) in [4.78, 5) is 14.5. The van der Waals surface area contributed by atoms with Crippen molar-refractivity contribution in [2.75, 3.05) is 5.32 Å². The maximum Gasteiger partial charge on any atom is 0.327 e. The smallest absolute Gasteiger partial charge is 0.327 e. The Balaban J connectivity index is 1.71. The van der Waals surface area contributed by atoms with Gasteiger partial charge in [-0.05, 0) is 36.4 Å². The topological polar surface area (TPSA) is 85.9 Å². The second-order valence-corrected chi connectivity index (χ2v) is 6.27. The van der Waals surface area contributed by atoms with Gasteiger partial charge in [-0.25, -0.2) is 4.68 Å². The largest absolute Gasteiger partial charge is 0.375 e. The van der Waals surface area contributed by atoms with Crippen LogP contribution in [0.25, 0.3) is 16.9 Å². The summed E-state index contributed by atoms with van der Waals surface area (Å²) in [7, 11) is 0. The minimum Gasteiger partial charge on any atom is -0.375 e. The van der Waals surface area contributed by atoms with Gasteiger partial charge >= 0.3 is 5.69 Å². The Morgan fingerprint density at radius 1 is 1.03 bits per heavy atom. The standard InChI is InChI=1S/C21H16FN5O2/c22-18-7-4-8-19(21(18)27(28)29)24-13-16-14-26(17-5-2-1-3-6-17)25-20(16)15-9-11-23-12-10-15/h1-12,14,24H,13H2. The quantitative estimate of drug-likeness (QED) is 0.385. The van der Waals surface area contributed by atoms with Gasteiger partial charge in [0.05, 0.1) is 16.3 Å². The van der Waals surface area contributed by atoms with Gasteiger partial charge in [0.25, 0.3) is 0 Å². The molecule has 0 aliphatic heterocycles. The lowest BCUT2D eigenvalue weighted by Gasteiger charge is -2.07. The Morgan fingerprint density at radius 3 is 2.52 bits per heavy atom. The van der Waals surface area contributed by atoms with Crippen LogP contribution in [0.2, 0.25) is 0 Å². The van der Waals surface area contributed by atoms with Gasteiger partial charge in [-0.1, -0.05) is 24.3 Å². The summed E-state index contributed by atoms with van der Waals surface area (Å²) < 4.78 is 15.6. The highest BCUT2D eigenvalue weighted by Gasteiger charge is 2.20. The van der Waals surface area contributed by atoms with Crippen molar-refractivity contribution >= 4 is 11.4 Å². The third kappa shape index (κ3) is 3.81. The van der Waals surface area contributed by atoms with Crippen LogP contribution in [0.15, 0.2) is 79.3 Å². The number of hydrogen-bond acceptors (Lipinski definition) is 5. The molecule has 2 aromatic carbocycles. The van der Waals surface area contributed by atoms with E-state index in [1.54, 1.807) is 17.1 Å². The van der Waals surface area contributed by atoms with Gasteiger partial charge in [0.1, 0.15) is 5.69 Å². The summed E-state index contributed by atoms with van der Waals surface area (Å²) in [5.41, 5.74) is 2.80. The summed E-state index contributed by atoms with van der Waals surface area (Å²) >= 11 is 0. The fraction of sp³-hybridized carbons (Fsp3) is 0.0476. The van der Waals surface area contributed by atoms with E-state index in [-0.39, 0.29) is 12.2 Å². The Bertz CT molecular complexity index is 1150. The first kappa shape index (κ1) is 18.3. The summed E-state index contributed by atoms with van der Waals surface area (Å²) in [5.74, 6) is -0.880. The predicted octanol–water partition coefficient (Wildman–Crippen LogP) is 4.59. The first-order chi connectivity index (χ1) is 14.1. The van der Waals surface area contributed by atoms with E-state index in [1.807, 2.05) is 48.7 Å². The summed E-state index contributed by atoms with van der Waals surface area (Å²) in [5, 5.41) is 18.9. The number of nitrogens with one attached hydrogen (secondary N) is 1. The zero-order valence-electron chi connectivity index (χ0n) is 15.2. The number of rotatable bonds is 6. The molecule has 0 atom stereocenters. The molecule has 0 spiro atoms. The molecule has 0 aliphatic rings. The normalized spacial score (nSPS) is 10.7. The van der Waals surface area contributed by atoms with Crippen molar-refractivity contribution in [3.63, 3.8) is 0 Å². The molecule has 0 amide bonds. The van der Waals surface area contributed by atoms with Crippen molar-refractivity contribution in [2.24, 2.45) is 0 Å². The minimum atomic E-state index is -0.880. The Hall–Kier alpha value is -4.07. The number of nitro benzene ring substituents is 1. The molecule has 0 bridgehead atoms.